The van der Waals surface area contributed by atoms with Crippen molar-refractivity contribution in [2.24, 2.45) is 0 Å². The van der Waals surface area contributed by atoms with Gasteiger partial charge in [-0.3, -0.25) is 9.20 Å². The van der Waals surface area contributed by atoms with Crippen LogP contribution < -0.4 is 14.8 Å². The second-order valence-corrected chi connectivity index (χ2v) is 8.25. The molecule has 3 aromatic rings. The number of carbonyl (C=O) groups excluding carboxylic acids is 1. The summed E-state index contributed by atoms with van der Waals surface area (Å²) in [5.74, 6) is -0.293. The molecular weight excluding hydrogens is 434 g/mol. The number of imidazole rings is 1. The van der Waals surface area contributed by atoms with Gasteiger partial charge in [-0.15, -0.1) is 0 Å². The van der Waals surface area contributed by atoms with Crippen LogP contribution in [-0.2, 0) is 4.74 Å². The molecule has 1 N–H and O–H groups in total. The molecule has 3 heterocycles. The molecule has 10 heteroatoms. The van der Waals surface area contributed by atoms with E-state index in [2.05, 4.69) is 15.3 Å². The van der Waals surface area contributed by atoms with Gasteiger partial charge in [0.15, 0.2) is 0 Å². The first-order valence-electron chi connectivity index (χ1n) is 10.9. The lowest BCUT2D eigenvalue weighted by atomic mass is 9.96. The van der Waals surface area contributed by atoms with Crippen LogP contribution in [0, 0.1) is 0 Å². The predicted molar refractivity (Wildman–Crippen MR) is 115 cm³/mol. The van der Waals surface area contributed by atoms with E-state index in [-0.39, 0.29) is 23.1 Å². The number of hydrogen-bond donors (Lipinski definition) is 1. The number of hydrogen-bond acceptors (Lipinski definition) is 6. The summed E-state index contributed by atoms with van der Waals surface area (Å²) in [5.41, 5.74) is 2.71. The van der Waals surface area contributed by atoms with Crippen molar-refractivity contribution in [3.8, 4) is 22.8 Å². The number of amides is 1. The first kappa shape index (κ1) is 21.6. The third-order valence-corrected chi connectivity index (χ3v) is 6.00. The van der Waals surface area contributed by atoms with E-state index in [1.807, 2.05) is 6.07 Å². The largest absolute Gasteiger partial charge is 0.496 e. The van der Waals surface area contributed by atoms with Gasteiger partial charge >= 0.3 is 6.61 Å². The Bertz CT molecular complexity index is 1170. The Balaban J connectivity index is 1.54. The van der Waals surface area contributed by atoms with Gasteiger partial charge in [-0.2, -0.15) is 8.78 Å². The molecule has 8 nitrogen and oxygen atoms in total. The lowest BCUT2D eigenvalue weighted by molar-refractivity contribution is -0.0502. The molecule has 1 aromatic carbocycles. The summed E-state index contributed by atoms with van der Waals surface area (Å²) in [4.78, 5) is 21.8. The Morgan fingerprint density at radius 1 is 1.15 bits per heavy atom. The molecule has 5 rings (SSSR count). The molecule has 1 amide bonds. The van der Waals surface area contributed by atoms with Crippen molar-refractivity contribution in [1.82, 2.24) is 19.7 Å². The minimum atomic E-state index is -3.09. The molecule has 0 radical (unpaired) electrons. The molecule has 0 spiro atoms. The fraction of sp³-hybridized carbons (Fsp3) is 0.435. The summed E-state index contributed by atoms with van der Waals surface area (Å²) in [6.45, 7) is -1.67. The number of methoxy groups -OCH3 is 1. The van der Waals surface area contributed by atoms with Crippen molar-refractivity contribution in [2.45, 2.75) is 44.3 Å². The number of carbonyl (C=O) groups is 1. The standard InChI is InChI=1S/C23H24F2N4O4/c1-31-18-8-14(9-19(33-23(24)25)21(18)22(30)28-15-2-3-15)17-11-26-20-10-16(27-12-29(17)20)13-4-6-32-7-5-13/h8-13,15,23H,2-7H2,1H3,(H,28,30). The maximum Gasteiger partial charge on any atom is 0.387 e. The number of nitrogens with one attached hydrogen (secondary N) is 1. The number of halogens is 2. The summed E-state index contributed by atoms with van der Waals surface area (Å²) >= 11 is 0. The Kier molecular flexibility index (Phi) is 5.84. The lowest BCUT2D eigenvalue weighted by Gasteiger charge is -2.21. The van der Waals surface area contributed by atoms with Gasteiger partial charge in [-0.1, -0.05) is 0 Å². The average Bonchev–Trinajstić information content (AvgIpc) is 3.53. The molecule has 1 aliphatic carbocycles. The molecule has 2 aliphatic rings. The van der Waals surface area contributed by atoms with Gasteiger partial charge in [-0.05, 0) is 37.8 Å². The van der Waals surface area contributed by atoms with E-state index in [9.17, 15) is 13.6 Å². The van der Waals surface area contributed by atoms with Crippen LogP contribution in [0.1, 0.15) is 47.7 Å². The zero-order chi connectivity index (χ0) is 22.9. The Morgan fingerprint density at radius 3 is 2.61 bits per heavy atom. The number of rotatable bonds is 7. The molecule has 2 fully saturated rings. The highest BCUT2D eigenvalue weighted by atomic mass is 19.3. The van der Waals surface area contributed by atoms with Gasteiger partial charge in [-0.25, -0.2) is 9.97 Å². The summed E-state index contributed by atoms with van der Waals surface area (Å²) in [5, 5.41) is 2.80. The van der Waals surface area contributed by atoms with Crippen molar-refractivity contribution in [3.63, 3.8) is 0 Å². The SMILES string of the molecule is COc1cc(-c2cnc3cc(C4CCOCC4)ncn23)cc(OC(F)F)c1C(=O)NC1CC1. The van der Waals surface area contributed by atoms with Gasteiger partial charge in [0.2, 0.25) is 0 Å². The first-order valence-corrected chi connectivity index (χ1v) is 10.9. The highest BCUT2D eigenvalue weighted by molar-refractivity contribution is 6.01. The van der Waals surface area contributed by atoms with Crippen LogP contribution in [0.25, 0.3) is 16.9 Å². The quantitative estimate of drug-likeness (QED) is 0.580. The number of fused-ring (bicyclic) bond motifs is 1. The van der Waals surface area contributed by atoms with E-state index in [0.29, 0.717) is 36.0 Å². The molecule has 1 saturated carbocycles. The summed E-state index contributed by atoms with van der Waals surface area (Å²) < 4.78 is 43.7. The minimum absolute atomic E-state index is 0.0519. The van der Waals surface area contributed by atoms with Crippen molar-refractivity contribution < 1.29 is 27.8 Å². The van der Waals surface area contributed by atoms with Crippen molar-refractivity contribution in [1.29, 1.82) is 0 Å². The fourth-order valence-corrected chi connectivity index (χ4v) is 4.12. The zero-order valence-electron chi connectivity index (χ0n) is 18.1. The molecule has 1 aliphatic heterocycles. The number of nitrogens with zero attached hydrogens (tertiary/aromatic N) is 3. The minimum Gasteiger partial charge on any atom is -0.496 e. The molecule has 0 bridgehead atoms. The number of ether oxygens (including phenoxy) is 3. The molecule has 1 saturated heterocycles. The van der Waals surface area contributed by atoms with Crippen LogP contribution in [0.4, 0.5) is 8.78 Å². The van der Waals surface area contributed by atoms with E-state index >= 15 is 0 Å². The Hall–Kier alpha value is -3.27. The third kappa shape index (κ3) is 4.47. The first-order chi connectivity index (χ1) is 16.0. The average molecular weight is 458 g/mol. The number of aromatic nitrogens is 3. The van der Waals surface area contributed by atoms with Crippen LogP contribution in [0.15, 0.2) is 30.7 Å². The molecule has 0 unspecified atom stereocenters. The third-order valence-electron chi connectivity index (χ3n) is 6.00. The lowest BCUT2D eigenvalue weighted by Crippen LogP contribution is -2.26. The Labute approximate surface area is 188 Å². The van der Waals surface area contributed by atoms with Gasteiger partial charge in [0.05, 0.1) is 19.0 Å². The predicted octanol–water partition coefficient (Wildman–Crippen LogP) is 3.79. The fourth-order valence-electron chi connectivity index (χ4n) is 4.12. The number of benzene rings is 1. The molecule has 2 aromatic heterocycles. The van der Waals surface area contributed by atoms with Gasteiger partial charge in [0.25, 0.3) is 5.91 Å². The molecular formula is C23H24F2N4O4. The summed E-state index contributed by atoms with van der Waals surface area (Å²) in [7, 11) is 1.38. The maximum atomic E-state index is 13.2. The maximum absolute atomic E-state index is 13.2. The zero-order valence-corrected chi connectivity index (χ0v) is 18.1. The van der Waals surface area contributed by atoms with Gasteiger partial charge < -0.3 is 19.5 Å². The molecule has 0 atom stereocenters. The number of alkyl halides is 2. The second kappa shape index (κ2) is 8.93. The second-order valence-electron chi connectivity index (χ2n) is 8.25. The van der Waals surface area contributed by atoms with Crippen LogP contribution in [-0.4, -0.2) is 53.3 Å². The summed E-state index contributed by atoms with van der Waals surface area (Å²) in [6, 6.07) is 5.02. The van der Waals surface area contributed by atoms with Crippen LogP contribution in [0.3, 0.4) is 0 Å². The van der Waals surface area contributed by atoms with Gasteiger partial charge in [0, 0.05) is 42.5 Å². The molecule has 174 valence electrons. The van der Waals surface area contributed by atoms with E-state index in [4.69, 9.17) is 14.2 Å². The topological polar surface area (TPSA) is 87.0 Å². The van der Waals surface area contributed by atoms with Crippen molar-refractivity contribution >= 4 is 11.6 Å². The summed E-state index contributed by atoms with van der Waals surface area (Å²) in [6.07, 6.45) is 6.86. The Morgan fingerprint density at radius 2 is 1.91 bits per heavy atom. The van der Waals surface area contributed by atoms with Crippen molar-refractivity contribution in [3.05, 3.63) is 42.0 Å². The normalized spacial score (nSPS) is 16.8. The monoisotopic (exact) mass is 458 g/mol. The highest BCUT2D eigenvalue weighted by Gasteiger charge is 2.29. The van der Waals surface area contributed by atoms with Gasteiger partial charge in [0.1, 0.15) is 29.0 Å². The molecule has 33 heavy (non-hydrogen) atoms. The smallest absolute Gasteiger partial charge is 0.387 e. The van der Waals surface area contributed by atoms with E-state index in [1.165, 1.54) is 13.2 Å². The van der Waals surface area contributed by atoms with E-state index in [0.717, 1.165) is 31.4 Å². The van der Waals surface area contributed by atoms with E-state index < -0.39 is 12.5 Å². The van der Waals surface area contributed by atoms with Crippen molar-refractivity contribution in [2.75, 3.05) is 20.3 Å². The van der Waals surface area contributed by atoms with Crippen LogP contribution in [0.2, 0.25) is 0 Å². The highest BCUT2D eigenvalue weighted by Crippen LogP contribution is 2.37. The van der Waals surface area contributed by atoms with Crippen LogP contribution >= 0.6 is 0 Å². The van der Waals surface area contributed by atoms with Crippen LogP contribution in [0.5, 0.6) is 11.5 Å². The van der Waals surface area contributed by atoms with E-state index in [1.54, 1.807) is 23.0 Å².